The number of rotatable bonds is 4. The van der Waals surface area contributed by atoms with E-state index in [0.717, 1.165) is 12.1 Å². The van der Waals surface area contributed by atoms with Gasteiger partial charge in [-0.25, -0.2) is 4.98 Å². The van der Waals surface area contributed by atoms with Gasteiger partial charge < -0.3 is 9.52 Å². The molecule has 0 aliphatic rings. The number of hydrogen-bond acceptors (Lipinski definition) is 3. The van der Waals surface area contributed by atoms with E-state index in [2.05, 4.69) is 4.98 Å². The molecule has 0 unspecified atom stereocenters. The molecule has 0 saturated heterocycles. The van der Waals surface area contributed by atoms with E-state index in [0.29, 0.717) is 30.0 Å². The zero-order chi connectivity index (χ0) is 13.9. The summed E-state index contributed by atoms with van der Waals surface area (Å²) in [5.74, 6) is 0.420. The molecular formula is C13H12F3NO2. The molecule has 1 N–H and O–H groups in total. The van der Waals surface area contributed by atoms with E-state index >= 15 is 0 Å². The van der Waals surface area contributed by atoms with E-state index in [4.69, 9.17) is 9.52 Å². The Kier molecular flexibility index (Phi) is 3.90. The summed E-state index contributed by atoms with van der Waals surface area (Å²) in [7, 11) is 0. The number of aliphatic hydroxyl groups excluding tert-OH is 1. The first kappa shape index (κ1) is 13.6. The Balaban J connectivity index is 2.06. The van der Waals surface area contributed by atoms with Gasteiger partial charge in [-0.1, -0.05) is 12.1 Å². The van der Waals surface area contributed by atoms with E-state index < -0.39 is 11.7 Å². The highest BCUT2D eigenvalue weighted by atomic mass is 19.4. The molecule has 0 atom stereocenters. The van der Waals surface area contributed by atoms with Crippen molar-refractivity contribution in [1.82, 2.24) is 4.98 Å². The molecule has 1 aromatic carbocycles. The van der Waals surface area contributed by atoms with Gasteiger partial charge in [0.25, 0.3) is 0 Å². The van der Waals surface area contributed by atoms with Crippen molar-refractivity contribution >= 4 is 0 Å². The van der Waals surface area contributed by atoms with Crippen LogP contribution in [-0.4, -0.2) is 16.7 Å². The average Bonchev–Trinajstić information content (AvgIpc) is 2.77. The molecule has 0 amide bonds. The number of hydrogen-bond donors (Lipinski definition) is 1. The second-order valence-corrected chi connectivity index (χ2v) is 4.08. The number of alkyl halides is 3. The van der Waals surface area contributed by atoms with Crippen LogP contribution < -0.4 is 0 Å². The van der Waals surface area contributed by atoms with Crippen LogP contribution in [0.25, 0.3) is 0 Å². The predicted octanol–water partition coefficient (Wildman–Crippen LogP) is 2.82. The molecule has 1 aromatic heterocycles. The third-order valence-electron chi connectivity index (χ3n) is 2.60. The van der Waals surface area contributed by atoms with Gasteiger partial charge in [-0.15, -0.1) is 0 Å². The van der Waals surface area contributed by atoms with Gasteiger partial charge in [0.05, 0.1) is 11.3 Å². The Morgan fingerprint density at radius 3 is 2.42 bits per heavy atom. The van der Waals surface area contributed by atoms with Gasteiger partial charge in [0.15, 0.2) is 5.89 Å². The molecule has 0 aliphatic heterocycles. The van der Waals surface area contributed by atoms with Gasteiger partial charge >= 0.3 is 6.18 Å². The van der Waals surface area contributed by atoms with Crippen molar-refractivity contribution in [2.75, 3.05) is 6.61 Å². The maximum atomic E-state index is 12.4. The minimum atomic E-state index is -4.32. The second kappa shape index (κ2) is 5.44. The summed E-state index contributed by atoms with van der Waals surface area (Å²) in [6.07, 6.45) is -2.16. The van der Waals surface area contributed by atoms with Crippen LogP contribution in [-0.2, 0) is 19.0 Å². The molecule has 102 valence electrons. The molecule has 1 heterocycles. The van der Waals surface area contributed by atoms with Gasteiger partial charge in [-0.05, 0) is 17.7 Å². The minimum absolute atomic E-state index is 0.0216. The number of aromatic nitrogens is 1. The molecule has 19 heavy (non-hydrogen) atoms. The van der Waals surface area contributed by atoms with Crippen molar-refractivity contribution in [2.24, 2.45) is 0 Å². The van der Waals surface area contributed by atoms with Gasteiger partial charge in [0.1, 0.15) is 6.26 Å². The highest BCUT2D eigenvalue weighted by Gasteiger charge is 2.29. The summed E-state index contributed by atoms with van der Waals surface area (Å²) in [4.78, 5) is 4.12. The fourth-order valence-corrected chi connectivity index (χ4v) is 1.65. The molecule has 3 nitrogen and oxygen atoms in total. The van der Waals surface area contributed by atoms with E-state index in [1.54, 1.807) is 0 Å². The molecule has 6 heteroatoms. The fraction of sp³-hybridized carbons (Fsp3) is 0.308. The van der Waals surface area contributed by atoms with Gasteiger partial charge in [-0.2, -0.15) is 13.2 Å². The first-order valence-corrected chi connectivity index (χ1v) is 5.69. The molecule has 2 aromatic rings. The Labute approximate surface area is 107 Å². The average molecular weight is 271 g/mol. The number of oxazole rings is 1. The van der Waals surface area contributed by atoms with Crippen LogP contribution in [0.2, 0.25) is 0 Å². The lowest BCUT2D eigenvalue weighted by molar-refractivity contribution is -0.137. The van der Waals surface area contributed by atoms with Crippen LogP contribution in [0.1, 0.15) is 22.7 Å². The van der Waals surface area contributed by atoms with E-state index in [-0.39, 0.29) is 6.61 Å². The first-order chi connectivity index (χ1) is 8.99. The highest BCUT2D eigenvalue weighted by molar-refractivity contribution is 5.26. The van der Waals surface area contributed by atoms with Crippen molar-refractivity contribution in [3.8, 4) is 0 Å². The standard InChI is InChI=1S/C13H12F3NO2/c14-13(15,16)10-3-1-9(2-4-10)7-12-17-11(5-6-18)8-19-12/h1-4,8,18H,5-7H2. The Morgan fingerprint density at radius 1 is 1.16 bits per heavy atom. The summed E-state index contributed by atoms with van der Waals surface area (Å²) in [5.41, 5.74) is 0.638. The Morgan fingerprint density at radius 2 is 1.84 bits per heavy atom. The Bertz CT molecular complexity index is 532. The molecule has 0 radical (unpaired) electrons. The van der Waals surface area contributed by atoms with E-state index in [1.807, 2.05) is 0 Å². The molecule has 0 fully saturated rings. The van der Waals surface area contributed by atoms with Crippen molar-refractivity contribution in [1.29, 1.82) is 0 Å². The quantitative estimate of drug-likeness (QED) is 0.930. The van der Waals surface area contributed by atoms with Crippen LogP contribution in [0, 0.1) is 0 Å². The SMILES string of the molecule is OCCc1coc(Cc2ccc(C(F)(F)F)cc2)n1. The highest BCUT2D eigenvalue weighted by Crippen LogP contribution is 2.29. The van der Waals surface area contributed by atoms with E-state index in [1.165, 1.54) is 18.4 Å². The third-order valence-corrected chi connectivity index (χ3v) is 2.60. The zero-order valence-corrected chi connectivity index (χ0v) is 9.94. The maximum Gasteiger partial charge on any atom is 0.416 e. The lowest BCUT2D eigenvalue weighted by Gasteiger charge is -2.06. The van der Waals surface area contributed by atoms with E-state index in [9.17, 15) is 13.2 Å². The Hall–Kier alpha value is -1.82. The second-order valence-electron chi connectivity index (χ2n) is 4.08. The number of benzene rings is 1. The molecule has 0 bridgehead atoms. The zero-order valence-electron chi connectivity index (χ0n) is 9.94. The van der Waals surface area contributed by atoms with Crippen molar-refractivity contribution in [2.45, 2.75) is 19.0 Å². The molecule has 0 saturated carbocycles. The first-order valence-electron chi connectivity index (χ1n) is 5.69. The normalized spacial score (nSPS) is 11.8. The monoisotopic (exact) mass is 271 g/mol. The summed E-state index contributed by atoms with van der Waals surface area (Å²) in [6, 6.07) is 4.87. The number of halogens is 3. The summed E-state index contributed by atoms with van der Waals surface area (Å²) in [5, 5.41) is 8.74. The van der Waals surface area contributed by atoms with Crippen LogP contribution in [0.4, 0.5) is 13.2 Å². The minimum Gasteiger partial charge on any atom is -0.448 e. The molecule has 2 rings (SSSR count). The van der Waals surface area contributed by atoms with Crippen molar-refractivity contribution in [3.05, 3.63) is 53.2 Å². The van der Waals surface area contributed by atoms with Crippen molar-refractivity contribution < 1.29 is 22.7 Å². The van der Waals surface area contributed by atoms with Gasteiger partial charge in [0, 0.05) is 19.4 Å². The third kappa shape index (κ3) is 3.57. The van der Waals surface area contributed by atoms with Crippen LogP contribution in [0.3, 0.4) is 0 Å². The summed E-state index contributed by atoms with van der Waals surface area (Å²) < 4.78 is 42.3. The molecule has 0 aliphatic carbocycles. The largest absolute Gasteiger partial charge is 0.448 e. The number of nitrogens with zero attached hydrogens (tertiary/aromatic N) is 1. The topological polar surface area (TPSA) is 46.3 Å². The van der Waals surface area contributed by atoms with Gasteiger partial charge in [-0.3, -0.25) is 0 Å². The summed E-state index contributed by atoms with van der Waals surface area (Å²) in [6.45, 7) is -0.0216. The fourth-order valence-electron chi connectivity index (χ4n) is 1.65. The van der Waals surface area contributed by atoms with Crippen LogP contribution in [0.5, 0.6) is 0 Å². The van der Waals surface area contributed by atoms with Crippen LogP contribution >= 0.6 is 0 Å². The smallest absolute Gasteiger partial charge is 0.416 e. The lowest BCUT2D eigenvalue weighted by Crippen LogP contribution is -2.04. The van der Waals surface area contributed by atoms with Gasteiger partial charge in [0.2, 0.25) is 0 Å². The predicted molar refractivity (Wildman–Crippen MR) is 61.5 cm³/mol. The lowest BCUT2D eigenvalue weighted by atomic mass is 10.1. The summed E-state index contributed by atoms with van der Waals surface area (Å²) >= 11 is 0. The number of aliphatic hydroxyl groups is 1. The van der Waals surface area contributed by atoms with Crippen molar-refractivity contribution in [3.63, 3.8) is 0 Å². The molecular weight excluding hydrogens is 259 g/mol. The van der Waals surface area contributed by atoms with Crippen LogP contribution in [0.15, 0.2) is 34.9 Å². The molecule has 0 spiro atoms. The maximum absolute atomic E-state index is 12.4.